The summed E-state index contributed by atoms with van der Waals surface area (Å²) in [4.78, 5) is 23.9. The summed E-state index contributed by atoms with van der Waals surface area (Å²) in [5, 5.41) is 2.72. The Labute approximate surface area is 102 Å². The average Bonchev–Trinajstić information content (AvgIpc) is 2.96. The van der Waals surface area contributed by atoms with Gasteiger partial charge < -0.3 is 9.73 Å². The van der Waals surface area contributed by atoms with Gasteiger partial charge in [0.15, 0.2) is 5.78 Å². The number of hydrogen-bond donors (Lipinski definition) is 1. The number of furan rings is 1. The van der Waals surface area contributed by atoms with Gasteiger partial charge >= 0.3 is 0 Å². The highest BCUT2D eigenvalue weighted by Crippen LogP contribution is 2.16. The number of hydrogen-bond acceptors (Lipinski definition) is 4. The maximum atomic E-state index is 11.7. The van der Waals surface area contributed by atoms with Crippen molar-refractivity contribution < 1.29 is 14.0 Å². The summed E-state index contributed by atoms with van der Waals surface area (Å²) in [7, 11) is 0. The molecule has 0 saturated carbocycles. The molecule has 4 nitrogen and oxygen atoms in total. The molecule has 88 valence electrons. The van der Waals surface area contributed by atoms with E-state index >= 15 is 0 Å². The number of ketones is 1. The molecular formula is C12H11NO3S. The number of rotatable bonds is 4. The van der Waals surface area contributed by atoms with E-state index in [1.54, 1.807) is 30.5 Å². The molecule has 0 saturated heterocycles. The summed E-state index contributed by atoms with van der Waals surface area (Å²) >= 11 is 1.19. The standard InChI is InChI=1S/C12H11NO3S/c1-8(14)10-4-5-11(17-10)12(15)13-7-9-3-2-6-16-9/h2-6H,7H2,1H3,(H,13,15). The Balaban J connectivity index is 1.97. The Morgan fingerprint density at radius 1 is 1.29 bits per heavy atom. The van der Waals surface area contributed by atoms with Gasteiger partial charge in [-0.1, -0.05) is 0 Å². The smallest absolute Gasteiger partial charge is 0.261 e. The third-order valence-corrected chi connectivity index (χ3v) is 3.36. The van der Waals surface area contributed by atoms with Crippen LogP contribution < -0.4 is 5.32 Å². The first kappa shape index (κ1) is 11.6. The minimum atomic E-state index is -0.195. The zero-order valence-electron chi connectivity index (χ0n) is 9.23. The van der Waals surface area contributed by atoms with Crippen LogP contribution in [0, 0.1) is 0 Å². The predicted octanol–water partition coefficient (Wildman–Crippen LogP) is 2.47. The molecule has 0 fully saturated rings. The first-order valence-corrected chi connectivity index (χ1v) is 5.90. The third kappa shape index (κ3) is 2.82. The van der Waals surface area contributed by atoms with Crippen molar-refractivity contribution in [2.24, 2.45) is 0 Å². The van der Waals surface area contributed by atoms with Crippen molar-refractivity contribution in [1.29, 1.82) is 0 Å². The number of nitrogens with one attached hydrogen (secondary N) is 1. The molecular weight excluding hydrogens is 238 g/mol. The summed E-state index contributed by atoms with van der Waals surface area (Å²) in [6.45, 7) is 1.83. The molecule has 1 N–H and O–H groups in total. The molecule has 0 aliphatic rings. The highest BCUT2D eigenvalue weighted by molar-refractivity contribution is 7.15. The molecule has 0 aromatic carbocycles. The van der Waals surface area contributed by atoms with E-state index in [4.69, 9.17) is 4.42 Å². The van der Waals surface area contributed by atoms with E-state index < -0.39 is 0 Å². The van der Waals surface area contributed by atoms with Crippen molar-refractivity contribution in [2.75, 3.05) is 0 Å². The van der Waals surface area contributed by atoms with Crippen molar-refractivity contribution in [1.82, 2.24) is 5.32 Å². The van der Waals surface area contributed by atoms with Crippen LogP contribution in [0.2, 0.25) is 0 Å². The van der Waals surface area contributed by atoms with Crippen molar-refractivity contribution in [2.45, 2.75) is 13.5 Å². The molecule has 0 unspecified atom stereocenters. The minimum Gasteiger partial charge on any atom is -0.467 e. The number of thiophene rings is 1. The Morgan fingerprint density at radius 3 is 2.65 bits per heavy atom. The van der Waals surface area contributed by atoms with Crippen LogP contribution in [0.15, 0.2) is 34.9 Å². The van der Waals surface area contributed by atoms with Gasteiger partial charge in [-0.25, -0.2) is 0 Å². The molecule has 0 aliphatic carbocycles. The zero-order valence-corrected chi connectivity index (χ0v) is 10.0. The van der Waals surface area contributed by atoms with Gasteiger partial charge in [0.25, 0.3) is 5.91 Å². The molecule has 2 rings (SSSR count). The van der Waals surface area contributed by atoms with Gasteiger partial charge in [0.1, 0.15) is 5.76 Å². The lowest BCUT2D eigenvalue weighted by molar-refractivity contribution is 0.0951. The molecule has 1 amide bonds. The topological polar surface area (TPSA) is 59.3 Å². The van der Waals surface area contributed by atoms with Gasteiger partial charge in [0.05, 0.1) is 22.6 Å². The van der Waals surface area contributed by atoms with E-state index in [1.165, 1.54) is 18.3 Å². The molecule has 17 heavy (non-hydrogen) atoms. The molecule has 0 radical (unpaired) electrons. The van der Waals surface area contributed by atoms with E-state index in [1.807, 2.05) is 0 Å². The zero-order chi connectivity index (χ0) is 12.3. The first-order valence-electron chi connectivity index (χ1n) is 5.08. The average molecular weight is 249 g/mol. The fourth-order valence-corrected chi connectivity index (χ4v) is 2.13. The maximum absolute atomic E-state index is 11.7. The molecule has 2 aromatic heterocycles. The summed E-state index contributed by atoms with van der Waals surface area (Å²) in [5.74, 6) is 0.473. The first-order chi connectivity index (χ1) is 8.16. The lowest BCUT2D eigenvalue weighted by atomic mass is 10.3. The van der Waals surface area contributed by atoms with Crippen LogP contribution >= 0.6 is 11.3 Å². The van der Waals surface area contributed by atoms with Crippen molar-refractivity contribution in [3.63, 3.8) is 0 Å². The molecule has 5 heteroatoms. The van der Waals surface area contributed by atoms with Gasteiger partial charge in [-0.05, 0) is 31.2 Å². The van der Waals surface area contributed by atoms with Gasteiger partial charge in [-0.2, -0.15) is 0 Å². The second-order valence-electron chi connectivity index (χ2n) is 3.48. The van der Waals surface area contributed by atoms with E-state index in [9.17, 15) is 9.59 Å². The lowest BCUT2D eigenvalue weighted by Crippen LogP contribution is -2.21. The quantitative estimate of drug-likeness (QED) is 0.847. The Hall–Kier alpha value is -1.88. The summed E-state index contributed by atoms with van der Waals surface area (Å²) < 4.78 is 5.10. The highest BCUT2D eigenvalue weighted by Gasteiger charge is 2.11. The molecule has 0 spiro atoms. The normalized spacial score (nSPS) is 10.2. The van der Waals surface area contributed by atoms with E-state index in [0.717, 1.165) is 0 Å². The van der Waals surface area contributed by atoms with Crippen LogP contribution in [0.5, 0.6) is 0 Å². The fourth-order valence-electron chi connectivity index (χ4n) is 1.32. The van der Waals surface area contributed by atoms with Gasteiger partial charge in [0, 0.05) is 0 Å². The van der Waals surface area contributed by atoms with Crippen molar-refractivity contribution in [3.8, 4) is 0 Å². The lowest BCUT2D eigenvalue weighted by Gasteiger charge is -1.99. The van der Waals surface area contributed by atoms with E-state index in [0.29, 0.717) is 22.1 Å². The largest absolute Gasteiger partial charge is 0.467 e. The van der Waals surface area contributed by atoms with Crippen LogP contribution in [-0.4, -0.2) is 11.7 Å². The Kier molecular flexibility index (Phi) is 3.39. The second kappa shape index (κ2) is 4.97. The SMILES string of the molecule is CC(=O)c1ccc(C(=O)NCc2ccco2)s1. The molecule has 0 aliphatic heterocycles. The third-order valence-electron chi connectivity index (χ3n) is 2.18. The van der Waals surface area contributed by atoms with Crippen molar-refractivity contribution >= 4 is 23.0 Å². The minimum absolute atomic E-state index is 0.0277. The Morgan fingerprint density at radius 2 is 2.06 bits per heavy atom. The van der Waals surface area contributed by atoms with Crippen LogP contribution in [0.4, 0.5) is 0 Å². The van der Waals surface area contributed by atoms with E-state index in [2.05, 4.69) is 5.32 Å². The maximum Gasteiger partial charge on any atom is 0.261 e. The number of amides is 1. The van der Waals surface area contributed by atoms with Crippen LogP contribution in [0.25, 0.3) is 0 Å². The van der Waals surface area contributed by atoms with Gasteiger partial charge in [-0.15, -0.1) is 11.3 Å². The Bertz CT molecular complexity index is 528. The highest BCUT2D eigenvalue weighted by atomic mass is 32.1. The molecule has 0 atom stereocenters. The fraction of sp³-hybridized carbons (Fsp3) is 0.167. The summed E-state index contributed by atoms with van der Waals surface area (Å²) in [5.41, 5.74) is 0. The monoisotopic (exact) mass is 249 g/mol. The van der Waals surface area contributed by atoms with Crippen LogP contribution in [0.3, 0.4) is 0 Å². The molecule has 2 heterocycles. The molecule has 2 aromatic rings. The number of carbonyl (C=O) groups excluding carboxylic acids is 2. The van der Waals surface area contributed by atoms with Gasteiger partial charge in [0.2, 0.25) is 0 Å². The summed E-state index contributed by atoms with van der Waals surface area (Å²) in [6, 6.07) is 6.86. The molecule has 0 bridgehead atoms. The van der Waals surface area contributed by atoms with Crippen LogP contribution in [0.1, 0.15) is 32.0 Å². The second-order valence-corrected chi connectivity index (χ2v) is 4.57. The predicted molar refractivity (Wildman–Crippen MR) is 64.2 cm³/mol. The van der Waals surface area contributed by atoms with E-state index in [-0.39, 0.29) is 11.7 Å². The summed E-state index contributed by atoms with van der Waals surface area (Å²) in [6.07, 6.45) is 1.56. The van der Waals surface area contributed by atoms with Gasteiger partial charge in [-0.3, -0.25) is 9.59 Å². The number of carbonyl (C=O) groups is 2. The van der Waals surface area contributed by atoms with Crippen LogP contribution in [-0.2, 0) is 6.54 Å². The number of Topliss-reactive ketones (excluding diaryl/α,β-unsaturated/α-hetero) is 1. The van der Waals surface area contributed by atoms with Crippen molar-refractivity contribution in [3.05, 3.63) is 46.0 Å².